The largest absolute Gasteiger partial charge is 0.294 e. The standard InChI is InChI=1S/C11H21N/c1-4-10-7-6-8-11(5-2,9-10)12-3/h10H,3-9H2,1-2H3/t10?,11-/m1/s1. The molecule has 70 valence electrons. The lowest BCUT2D eigenvalue weighted by Crippen LogP contribution is -2.32. The third kappa shape index (κ3) is 1.88. The van der Waals surface area contributed by atoms with Gasteiger partial charge in [0.2, 0.25) is 0 Å². The van der Waals surface area contributed by atoms with E-state index in [1.165, 1.54) is 38.5 Å². The van der Waals surface area contributed by atoms with Crippen molar-refractivity contribution >= 4 is 6.72 Å². The van der Waals surface area contributed by atoms with Crippen LogP contribution in [0.1, 0.15) is 52.4 Å². The van der Waals surface area contributed by atoms with Crippen molar-refractivity contribution in [3.63, 3.8) is 0 Å². The predicted molar refractivity (Wildman–Crippen MR) is 54.8 cm³/mol. The lowest BCUT2D eigenvalue weighted by Gasteiger charge is -2.36. The number of nitrogens with zero attached hydrogens (tertiary/aromatic N) is 1. The minimum atomic E-state index is 0.249. The molecule has 0 saturated heterocycles. The average molecular weight is 167 g/mol. The second-order valence-corrected chi connectivity index (χ2v) is 4.11. The fourth-order valence-electron chi connectivity index (χ4n) is 2.39. The van der Waals surface area contributed by atoms with Crippen molar-refractivity contribution in [2.45, 2.75) is 57.9 Å². The highest BCUT2D eigenvalue weighted by molar-refractivity contribution is 5.26. The molecule has 1 saturated carbocycles. The quantitative estimate of drug-likeness (QED) is 0.571. The first-order valence-electron chi connectivity index (χ1n) is 5.24. The van der Waals surface area contributed by atoms with E-state index in [2.05, 4.69) is 25.6 Å². The number of aliphatic imine (C=N–C) groups is 1. The molecule has 1 fully saturated rings. The smallest absolute Gasteiger partial charge is 0.0601 e. The fourth-order valence-corrected chi connectivity index (χ4v) is 2.39. The molecule has 2 atom stereocenters. The van der Waals surface area contributed by atoms with E-state index in [4.69, 9.17) is 0 Å². The molecule has 0 N–H and O–H groups in total. The van der Waals surface area contributed by atoms with Crippen LogP contribution in [0, 0.1) is 5.92 Å². The van der Waals surface area contributed by atoms with Gasteiger partial charge in [0, 0.05) is 0 Å². The summed E-state index contributed by atoms with van der Waals surface area (Å²) in [4.78, 5) is 4.35. The summed E-state index contributed by atoms with van der Waals surface area (Å²) in [5.74, 6) is 0.907. The highest BCUT2D eigenvalue weighted by atomic mass is 14.8. The Labute approximate surface area is 76.3 Å². The van der Waals surface area contributed by atoms with Crippen molar-refractivity contribution in [3.8, 4) is 0 Å². The van der Waals surface area contributed by atoms with Gasteiger partial charge in [-0.2, -0.15) is 0 Å². The maximum Gasteiger partial charge on any atom is 0.0601 e. The molecule has 0 aromatic carbocycles. The second kappa shape index (κ2) is 4.06. The summed E-state index contributed by atoms with van der Waals surface area (Å²) in [6.45, 7) is 8.28. The summed E-state index contributed by atoms with van der Waals surface area (Å²) in [7, 11) is 0. The maximum absolute atomic E-state index is 4.35. The zero-order valence-corrected chi connectivity index (χ0v) is 8.47. The Bertz CT molecular complexity index is 153. The van der Waals surface area contributed by atoms with E-state index >= 15 is 0 Å². The summed E-state index contributed by atoms with van der Waals surface area (Å²) in [6.07, 6.45) is 7.80. The van der Waals surface area contributed by atoms with Crippen LogP contribution >= 0.6 is 0 Å². The van der Waals surface area contributed by atoms with Crippen LogP contribution in [0.15, 0.2) is 4.99 Å². The highest BCUT2D eigenvalue weighted by Gasteiger charge is 2.32. The molecule has 1 nitrogen and oxygen atoms in total. The van der Waals surface area contributed by atoms with Crippen molar-refractivity contribution in [2.24, 2.45) is 10.9 Å². The number of rotatable bonds is 3. The molecule has 1 aliphatic carbocycles. The first-order valence-corrected chi connectivity index (χ1v) is 5.24. The van der Waals surface area contributed by atoms with Crippen LogP contribution < -0.4 is 0 Å². The molecule has 0 heterocycles. The summed E-state index contributed by atoms with van der Waals surface area (Å²) >= 11 is 0. The van der Waals surface area contributed by atoms with Crippen molar-refractivity contribution in [1.29, 1.82) is 0 Å². The van der Waals surface area contributed by atoms with Crippen molar-refractivity contribution in [3.05, 3.63) is 0 Å². The summed E-state index contributed by atoms with van der Waals surface area (Å²) in [5, 5.41) is 0. The van der Waals surface area contributed by atoms with Gasteiger partial charge in [-0.1, -0.05) is 33.1 Å². The van der Waals surface area contributed by atoms with Crippen molar-refractivity contribution in [2.75, 3.05) is 0 Å². The van der Waals surface area contributed by atoms with E-state index in [1.807, 2.05) is 0 Å². The molecule has 0 amide bonds. The number of hydrogen-bond acceptors (Lipinski definition) is 1. The van der Waals surface area contributed by atoms with E-state index in [0.717, 1.165) is 5.92 Å². The fraction of sp³-hybridized carbons (Fsp3) is 0.909. The van der Waals surface area contributed by atoms with E-state index < -0.39 is 0 Å². The van der Waals surface area contributed by atoms with Crippen LogP contribution in [0.4, 0.5) is 0 Å². The molecule has 0 bridgehead atoms. The topological polar surface area (TPSA) is 12.4 Å². The Morgan fingerprint density at radius 3 is 2.75 bits per heavy atom. The molecule has 12 heavy (non-hydrogen) atoms. The minimum Gasteiger partial charge on any atom is -0.294 e. The Morgan fingerprint density at radius 2 is 2.25 bits per heavy atom. The van der Waals surface area contributed by atoms with Gasteiger partial charge in [-0.3, -0.25) is 4.99 Å². The van der Waals surface area contributed by atoms with Gasteiger partial charge < -0.3 is 0 Å². The van der Waals surface area contributed by atoms with Crippen LogP contribution in [0.5, 0.6) is 0 Å². The van der Waals surface area contributed by atoms with Gasteiger partial charge in [-0.05, 0) is 31.9 Å². The normalized spacial score (nSPS) is 36.3. The average Bonchev–Trinajstić information content (AvgIpc) is 2.18. The molecular formula is C11H21N. The van der Waals surface area contributed by atoms with Crippen LogP contribution in [-0.2, 0) is 0 Å². The minimum absolute atomic E-state index is 0.249. The molecule has 0 aliphatic heterocycles. The third-order valence-electron chi connectivity index (χ3n) is 3.49. The lowest BCUT2D eigenvalue weighted by molar-refractivity contribution is 0.217. The van der Waals surface area contributed by atoms with Gasteiger partial charge in [0.15, 0.2) is 0 Å². The number of hydrogen-bond donors (Lipinski definition) is 0. The van der Waals surface area contributed by atoms with Crippen molar-refractivity contribution < 1.29 is 0 Å². The van der Waals surface area contributed by atoms with Gasteiger partial charge in [0.05, 0.1) is 5.54 Å². The van der Waals surface area contributed by atoms with E-state index in [0.29, 0.717) is 0 Å². The first kappa shape index (κ1) is 9.76. The molecule has 1 rings (SSSR count). The molecule has 1 heteroatoms. The monoisotopic (exact) mass is 167 g/mol. The van der Waals surface area contributed by atoms with Crippen LogP contribution in [0.2, 0.25) is 0 Å². The van der Waals surface area contributed by atoms with E-state index in [9.17, 15) is 0 Å². The zero-order valence-electron chi connectivity index (χ0n) is 8.47. The van der Waals surface area contributed by atoms with Crippen LogP contribution in [0.25, 0.3) is 0 Å². The van der Waals surface area contributed by atoms with Gasteiger partial charge in [0.25, 0.3) is 0 Å². The van der Waals surface area contributed by atoms with Gasteiger partial charge in [-0.15, -0.1) is 0 Å². The Hall–Kier alpha value is -0.330. The molecular weight excluding hydrogens is 146 g/mol. The Morgan fingerprint density at radius 1 is 1.50 bits per heavy atom. The van der Waals surface area contributed by atoms with E-state index in [-0.39, 0.29) is 5.54 Å². The molecule has 0 spiro atoms. The van der Waals surface area contributed by atoms with E-state index in [1.54, 1.807) is 0 Å². The van der Waals surface area contributed by atoms with Gasteiger partial charge in [-0.25, -0.2) is 0 Å². The third-order valence-corrected chi connectivity index (χ3v) is 3.49. The Balaban J connectivity index is 2.58. The van der Waals surface area contributed by atoms with Crippen molar-refractivity contribution in [1.82, 2.24) is 0 Å². The van der Waals surface area contributed by atoms with Crippen LogP contribution in [-0.4, -0.2) is 12.3 Å². The SMILES string of the molecule is C=N[C@]1(CC)CCCC(CC)C1. The predicted octanol–water partition coefficient (Wildman–Crippen LogP) is 3.44. The van der Waals surface area contributed by atoms with Gasteiger partial charge >= 0.3 is 0 Å². The maximum atomic E-state index is 4.35. The zero-order chi connectivity index (χ0) is 9.03. The Kier molecular flexibility index (Phi) is 3.30. The molecule has 0 aromatic rings. The summed E-state index contributed by atoms with van der Waals surface area (Å²) < 4.78 is 0. The first-order chi connectivity index (χ1) is 5.76. The molecule has 0 aromatic heterocycles. The molecule has 1 unspecified atom stereocenters. The summed E-state index contributed by atoms with van der Waals surface area (Å²) in [5.41, 5.74) is 0.249. The summed E-state index contributed by atoms with van der Waals surface area (Å²) in [6, 6.07) is 0. The molecule has 1 aliphatic rings. The van der Waals surface area contributed by atoms with Gasteiger partial charge in [0.1, 0.15) is 0 Å². The lowest BCUT2D eigenvalue weighted by atomic mass is 9.74. The highest BCUT2D eigenvalue weighted by Crippen LogP contribution is 2.38. The van der Waals surface area contributed by atoms with Crippen LogP contribution in [0.3, 0.4) is 0 Å². The molecule has 0 radical (unpaired) electrons. The second-order valence-electron chi connectivity index (χ2n) is 4.11.